The van der Waals surface area contributed by atoms with Crippen LogP contribution in [0.1, 0.15) is 0 Å². The topological polar surface area (TPSA) is 39.4 Å². The van der Waals surface area contributed by atoms with Crippen molar-refractivity contribution in [1.82, 2.24) is 0 Å². The van der Waals surface area contributed by atoms with Crippen LogP contribution in [0.25, 0.3) is 99.2 Å². The highest BCUT2D eigenvalue weighted by atomic mass is 35.5. The summed E-state index contributed by atoms with van der Waals surface area (Å²) in [5, 5.41) is 7.20. The molecule has 10 aromatic rings. The molecule has 3 heterocycles. The van der Waals surface area contributed by atoms with Gasteiger partial charge in [-0.2, -0.15) is 0 Å². The number of fused-ring (bicyclic) bond motifs is 9. The zero-order valence-electron chi connectivity index (χ0n) is 24.4. The highest BCUT2D eigenvalue weighted by Crippen LogP contribution is 2.47. The number of para-hydroxylation sites is 3. The zero-order valence-corrected chi connectivity index (χ0v) is 25.1. The summed E-state index contributed by atoms with van der Waals surface area (Å²) in [6, 6.07) is 47.8. The molecule has 0 amide bonds. The van der Waals surface area contributed by atoms with Gasteiger partial charge < -0.3 is 13.3 Å². The van der Waals surface area contributed by atoms with Gasteiger partial charge in [0.2, 0.25) is 0 Å². The molecule has 0 fully saturated rings. The van der Waals surface area contributed by atoms with Crippen molar-refractivity contribution in [3.05, 3.63) is 145 Å². The third kappa shape index (κ3) is 3.67. The first-order valence-corrected chi connectivity index (χ1v) is 15.7. The summed E-state index contributed by atoms with van der Waals surface area (Å²) in [6.07, 6.45) is 0. The number of hydrogen-bond donors (Lipinski definition) is 0. The third-order valence-electron chi connectivity index (χ3n) is 9.19. The van der Waals surface area contributed by atoms with Crippen molar-refractivity contribution in [3.8, 4) is 33.4 Å². The summed E-state index contributed by atoms with van der Waals surface area (Å²) in [6.45, 7) is 0. The van der Waals surface area contributed by atoms with E-state index in [1.807, 2.05) is 66.7 Å². The monoisotopic (exact) mass is 610 g/mol. The van der Waals surface area contributed by atoms with Crippen LogP contribution in [-0.4, -0.2) is 0 Å². The summed E-state index contributed by atoms with van der Waals surface area (Å²) in [5.74, 6) is 0. The molecule has 3 aromatic heterocycles. The van der Waals surface area contributed by atoms with Crippen LogP contribution in [0.3, 0.4) is 0 Å². The summed E-state index contributed by atoms with van der Waals surface area (Å²) in [4.78, 5) is 0. The fraction of sp³-hybridized carbons (Fsp3) is 0. The summed E-state index contributed by atoms with van der Waals surface area (Å²) in [7, 11) is 0. The standard InChI is InChI=1S/C42H23ClO3/c43-26-16-13-24(14-17-26)28-20-21-31(40-34-9-3-6-12-37(34)45-41(28)40)32-22-19-27(39-33-8-2-5-11-36(33)46-42(32)39)25-15-18-30-29-7-1-4-10-35(29)44-38(30)23-25/h1-23H. The van der Waals surface area contributed by atoms with E-state index in [0.717, 1.165) is 99.2 Å². The van der Waals surface area contributed by atoms with Gasteiger partial charge in [-0.05, 0) is 76.9 Å². The molecule has 0 atom stereocenters. The second-order valence-electron chi connectivity index (χ2n) is 11.7. The largest absolute Gasteiger partial charge is 0.456 e. The van der Waals surface area contributed by atoms with Crippen molar-refractivity contribution < 1.29 is 13.3 Å². The Morgan fingerprint density at radius 2 is 0.848 bits per heavy atom. The second-order valence-corrected chi connectivity index (χ2v) is 12.2. The molecule has 0 aliphatic rings. The van der Waals surface area contributed by atoms with E-state index in [9.17, 15) is 0 Å². The molecule has 0 N–H and O–H groups in total. The molecule has 216 valence electrons. The zero-order chi connectivity index (χ0) is 30.4. The molecule has 0 bridgehead atoms. The minimum absolute atomic E-state index is 0.702. The van der Waals surface area contributed by atoms with Gasteiger partial charge in [-0.1, -0.05) is 96.5 Å². The minimum atomic E-state index is 0.702. The van der Waals surface area contributed by atoms with Crippen molar-refractivity contribution in [2.24, 2.45) is 0 Å². The molecule has 46 heavy (non-hydrogen) atoms. The van der Waals surface area contributed by atoms with Gasteiger partial charge in [0.15, 0.2) is 0 Å². The van der Waals surface area contributed by atoms with E-state index in [0.29, 0.717) is 5.02 Å². The lowest BCUT2D eigenvalue weighted by atomic mass is 9.91. The Hall–Kier alpha value is -5.77. The third-order valence-corrected chi connectivity index (χ3v) is 9.44. The van der Waals surface area contributed by atoms with Crippen molar-refractivity contribution in [3.63, 3.8) is 0 Å². The highest BCUT2D eigenvalue weighted by Gasteiger charge is 2.22. The van der Waals surface area contributed by atoms with E-state index in [1.54, 1.807) is 0 Å². The van der Waals surface area contributed by atoms with Crippen molar-refractivity contribution in [2.75, 3.05) is 0 Å². The number of halogens is 1. The fourth-order valence-electron chi connectivity index (χ4n) is 7.08. The van der Waals surface area contributed by atoms with Gasteiger partial charge in [0, 0.05) is 48.5 Å². The van der Waals surface area contributed by atoms with Crippen LogP contribution in [0.4, 0.5) is 0 Å². The molecule has 0 aliphatic carbocycles. The molecule has 0 aliphatic heterocycles. The van der Waals surface area contributed by atoms with E-state index in [-0.39, 0.29) is 0 Å². The first kappa shape index (κ1) is 25.5. The Balaban J connectivity index is 1.26. The Kier molecular flexibility index (Phi) is 5.34. The number of hydrogen-bond acceptors (Lipinski definition) is 3. The van der Waals surface area contributed by atoms with Gasteiger partial charge >= 0.3 is 0 Å². The van der Waals surface area contributed by atoms with E-state index in [1.165, 1.54) is 0 Å². The quantitative estimate of drug-likeness (QED) is 0.200. The lowest BCUT2D eigenvalue weighted by Gasteiger charge is -2.11. The average Bonchev–Trinajstić information content (AvgIpc) is 3.79. The molecule has 10 rings (SSSR count). The maximum absolute atomic E-state index is 6.73. The van der Waals surface area contributed by atoms with Crippen LogP contribution in [0.5, 0.6) is 0 Å². The number of rotatable bonds is 3. The maximum atomic E-state index is 6.73. The van der Waals surface area contributed by atoms with Crippen molar-refractivity contribution in [1.29, 1.82) is 0 Å². The molecule has 4 heteroatoms. The fourth-order valence-corrected chi connectivity index (χ4v) is 7.21. The van der Waals surface area contributed by atoms with Crippen LogP contribution in [-0.2, 0) is 0 Å². The van der Waals surface area contributed by atoms with Crippen LogP contribution in [0.15, 0.2) is 153 Å². The Bertz CT molecular complexity index is 2810. The van der Waals surface area contributed by atoms with Crippen LogP contribution in [0, 0.1) is 0 Å². The average molecular weight is 611 g/mol. The van der Waals surface area contributed by atoms with Gasteiger partial charge in [-0.15, -0.1) is 0 Å². The lowest BCUT2D eigenvalue weighted by Crippen LogP contribution is -1.87. The van der Waals surface area contributed by atoms with E-state index < -0.39 is 0 Å². The molecule has 0 radical (unpaired) electrons. The van der Waals surface area contributed by atoms with Crippen molar-refractivity contribution >= 4 is 77.4 Å². The minimum Gasteiger partial charge on any atom is -0.456 e. The van der Waals surface area contributed by atoms with Crippen LogP contribution in [0.2, 0.25) is 5.02 Å². The summed E-state index contributed by atoms with van der Waals surface area (Å²) < 4.78 is 19.6. The number of furan rings is 3. The van der Waals surface area contributed by atoms with E-state index >= 15 is 0 Å². The van der Waals surface area contributed by atoms with Gasteiger partial charge in [-0.25, -0.2) is 0 Å². The predicted octanol–water partition coefficient (Wildman–Crippen LogP) is 13.0. The predicted molar refractivity (Wildman–Crippen MR) is 190 cm³/mol. The molecule has 7 aromatic carbocycles. The van der Waals surface area contributed by atoms with Gasteiger partial charge in [0.1, 0.15) is 33.5 Å². The molecule has 0 saturated carbocycles. The van der Waals surface area contributed by atoms with E-state index in [2.05, 4.69) is 72.8 Å². The Morgan fingerprint density at radius 1 is 0.348 bits per heavy atom. The summed E-state index contributed by atoms with van der Waals surface area (Å²) in [5.41, 5.74) is 11.4. The molecule has 0 unspecified atom stereocenters. The molecular formula is C42H23ClO3. The number of benzene rings is 7. The summed E-state index contributed by atoms with van der Waals surface area (Å²) >= 11 is 6.24. The van der Waals surface area contributed by atoms with Crippen LogP contribution >= 0.6 is 11.6 Å². The van der Waals surface area contributed by atoms with E-state index in [4.69, 9.17) is 24.9 Å². The van der Waals surface area contributed by atoms with Gasteiger partial charge in [0.25, 0.3) is 0 Å². The SMILES string of the molecule is Clc1ccc(-c2ccc(-c3ccc(-c4ccc5c(c4)oc4ccccc45)c4c3oc3ccccc34)c3c2oc2ccccc23)cc1. The maximum Gasteiger partial charge on any atom is 0.143 e. The first-order valence-electron chi connectivity index (χ1n) is 15.3. The van der Waals surface area contributed by atoms with Gasteiger partial charge in [-0.3, -0.25) is 0 Å². The molecule has 3 nitrogen and oxygen atoms in total. The smallest absolute Gasteiger partial charge is 0.143 e. The molecular weight excluding hydrogens is 588 g/mol. The second kappa shape index (κ2) is 9.61. The lowest BCUT2D eigenvalue weighted by molar-refractivity contribution is 0.668. The van der Waals surface area contributed by atoms with Crippen LogP contribution < -0.4 is 0 Å². The molecule has 0 spiro atoms. The molecule has 0 saturated heterocycles. The van der Waals surface area contributed by atoms with Crippen molar-refractivity contribution in [2.45, 2.75) is 0 Å². The highest BCUT2D eigenvalue weighted by molar-refractivity contribution is 6.30. The van der Waals surface area contributed by atoms with Gasteiger partial charge in [0.05, 0.1) is 0 Å². The first-order chi connectivity index (χ1) is 22.7. The Labute approximate surface area is 267 Å². The normalized spacial score (nSPS) is 12.0. The Morgan fingerprint density at radius 3 is 1.57 bits per heavy atom.